The number of hydrogen-bond acceptors (Lipinski definition) is 9. The third-order valence-electron chi connectivity index (χ3n) is 5.80. The molecule has 1 aliphatic heterocycles. The summed E-state index contributed by atoms with van der Waals surface area (Å²) in [5.74, 6) is 0.00631. The van der Waals surface area contributed by atoms with Gasteiger partial charge in [-0.25, -0.2) is 24.0 Å². The molecule has 0 saturated carbocycles. The van der Waals surface area contributed by atoms with Crippen LogP contribution in [0.25, 0.3) is 22.8 Å². The lowest BCUT2D eigenvalue weighted by Gasteiger charge is -2.28. The summed E-state index contributed by atoms with van der Waals surface area (Å²) in [6.45, 7) is 5.06. The van der Waals surface area contributed by atoms with E-state index in [1.54, 1.807) is 36.0 Å². The first-order chi connectivity index (χ1) is 17.0. The number of ether oxygens (including phenoxy) is 1. The minimum Gasteiger partial charge on any atom is -0.381 e. The summed E-state index contributed by atoms with van der Waals surface area (Å²) in [6.07, 6.45) is 1.59. The summed E-state index contributed by atoms with van der Waals surface area (Å²) in [4.78, 5) is 15.4. The second-order valence-corrected chi connectivity index (χ2v) is 8.07. The number of benzene rings is 1. The molecule has 0 unspecified atom stereocenters. The van der Waals surface area contributed by atoms with Crippen molar-refractivity contribution in [1.82, 2.24) is 29.9 Å². The molecule has 10 nitrogen and oxygen atoms in total. The number of hydrogen-bond donors (Lipinski definition) is 1. The van der Waals surface area contributed by atoms with Crippen molar-refractivity contribution in [2.75, 3.05) is 36.9 Å². The quantitative estimate of drug-likeness (QED) is 0.466. The van der Waals surface area contributed by atoms with Crippen molar-refractivity contribution < 1.29 is 9.13 Å². The average Bonchev–Trinajstić information content (AvgIpc) is 3.34. The molecule has 1 aromatic carbocycles. The molecule has 5 rings (SSSR count). The molecule has 0 radical (unpaired) electrons. The molecule has 176 valence electrons. The van der Waals surface area contributed by atoms with Crippen molar-refractivity contribution in [1.29, 1.82) is 5.26 Å². The number of nitriles is 1. The SMILES string of the molecule is Cc1c(C#N)cccc1-c1nc(N)c(F)c(-c2cn(Cc3cccc(N4CCOCC4)n3)nn2)n1. The lowest BCUT2D eigenvalue weighted by Crippen LogP contribution is -2.36. The van der Waals surface area contributed by atoms with Gasteiger partial charge in [0.05, 0.1) is 43.3 Å². The first-order valence-corrected chi connectivity index (χ1v) is 11.1. The van der Waals surface area contributed by atoms with Gasteiger partial charge in [0.1, 0.15) is 17.2 Å². The maximum Gasteiger partial charge on any atom is 0.193 e. The van der Waals surface area contributed by atoms with Crippen LogP contribution in [0.15, 0.2) is 42.6 Å². The Morgan fingerprint density at radius 2 is 1.91 bits per heavy atom. The van der Waals surface area contributed by atoms with Gasteiger partial charge >= 0.3 is 0 Å². The van der Waals surface area contributed by atoms with E-state index in [1.807, 2.05) is 18.2 Å². The number of aromatic nitrogens is 6. The molecule has 0 atom stereocenters. The Hall–Kier alpha value is -4.43. The molecule has 2 N–H and O–H groups in total. The lowest BCUT2D eigenvalue weighted by molar-refractivity contribution is 0.122. The fourth-order valence-electron chi connectivity index (χ4n) is 3.93. The number of nitrogens with two attached hydrogens (primary N) is 1. The van der Waals surface area contributed by atoms with Gasteiger partial charge in [0, 0.05) is 18.7 Å². The van der Waals surface area contributed by atoms with Gasteiger partial charge in [0.2, 0.25) is 0 Å². The zero-order valence-electron chi connectivity index (χ0n) is 19.0. The molecule has 35 heavy (non-hydrogen) atoms. The number of nitrogens with zero attached hydrogens (tertiary/aromatic N) is 8. The van der Waals surface area contributed by atoms with Crippen LogP contribution in [0.3, 0.4) is 0 Å². The number of rotatable bonds is 5. The van der Waals surface area contributed by atoms with Gasteiger partial charge in [0.25, 0.3) is 0 Å². The van der Waals surface area contributed by atoms with E-state index >= 15 is 0 Å². The minimum absolute atomic E-state index is 0.0597. The van der Waals surface area contributed by atoms with Gasteiger partial charge < -0.3 is 15.4 Å². The van der Waals surface area contributed by atoms with E-state index in [1.165, 1.54) is 0 Å². The molecular weight excluding hydrogens is 449 g/mol. The Bertz CT molecular complexity index is 1420. The molecule has 4 aromatic rings. The van der Waals surface area contributed by atoms with Crippen LogP contribution < -0.4 is 10.6 Å². The predicted molar refractivity (Wildman–Crippen MR) is 127 cm³/mol. The highest BCUT2D eigenvalue weighted by molar-refractivity contribution is 5.69. The van der Waals surface area contributed by atoms with E-state index in [9.17, 15) is 9.65 Å². The number of nitrogen functional groups attached to an aromatic ring is 1. The minimum atomic E-state index is -0.776. The first-order valence-electron chi connectivity index (χ1n) is 11.1. The number of halogens is 1. The van der Waals surface area contributed by atoms with Gasteiger partial charge in [-0.3, -0.25) is 0 Å². The Labute approximate surface area is 200 Å². The van der Waals surface area contributed by atoms with Gasteiger partial charge in [-0.2, -0.15) is 5.26 Å². The van der Waals surface area contributed by atoms with E-state index in [4.69, 9.17) is 15.5 Å². The molecule has 11 heteroatoms. The van der Waals surface area contributed by atoms with Gasteiger partial charge in [-0.1, -0.05) is 23.4 Å². The van der Waals surface area contributed by atoms with Crippen LogP contribution in [0.4, 0.5) is 16.0 Å². The lowest BCUT2D eigenvalue weighted by atomic mass is 10.0. The highest BCUT2D eigenvalue weighted by atomic mass is 19.1. The monoisotopic (exact) mass is 471 g/mol. The van der Waals surface area contributed by atoms with Crippen LogP contribution in [-0.4, -0.2) is 56.2 Å². The van der Waals surface area contributed by atoms with Crippen LogP contribution in [-0.2, 0) is 11.3 Å². The highest BCUT2D eigenvalue weighted by Crippen LogP contribution is 2.28. The van der Waals surface area contributed by atoms with E-state index in [2.05, 4.69) is 31.2 Å². The molecule has 0 spiro atoms. The van der Waals surface area contributed by atoms with Crippen molar-refractivity contribution in [2.24, 2.45) is 0 Å². The van der Waals surface area contributed by atoms with E-state index < -0.39 is 5.82 Å². The molecule has 1 fully saturated rings. The third-order valence-corrected chi connectivity index (χ3v) is 5.80. The second-order valence-electron chi connectivity index (χ2n) is 8.07. The van der Waals surface area contributed by atoms with Crippen molar-refractivity contribution in [3.8, 4) is 28.8 Å². The van der Waals surface area contributed by atoms with Crippen LogP contribution in [0.2, 0.25) is 0 Å². The molecule has 0 aliphatic carbocycles. The Morgan fingerprint density at radius 3 is 2.71 bits per heavy atom. The molecule has 0 amide bonds. The molecule has 1 aliphatic rings. The summed E-state index contributed by atoms with van der Waals surface area (Å²) in [6, 6.07) is 13.1. The van der Waals surface area contributed by atoms with Crippen molar-refractivity contribution >= 4 is 11.6 Å². The molecule has 1 saturated heterocycles. The maximum absolute atomic E-state index is 14.9. The van der Waals surface area contributed by atoms with E-state index in [0.717, 1.165) is 24.6 Å². The predicted octanol–water partition coefficient (Wildman–Crippen LogP) is 2.58. The standard InChI is InChI=1S/C24H22FN9O/c1-15-16(12-26)4-2-6-18(15)24-29-22(21(25)23(27)30-24)19-14-34(32-31-19)13-17-5-3-7-20(28-17)33-8-10-35-11-9-33/h2-7,14H,8-11,13H2,1H3,(H2,27,29,30). The second kappa shape index (κ2) is 9.44. The van der Waals surface area contributed by atoms with Crippen LogP contribution in [0.1, 0.15) is 16.8 Å². The van der Waals surface area contributed by atoms with Gasteiger partial charge in [-0.05, 0) is 30.7 Å². The Morgan fingerprint density at radius 1 is 1.11 bits per heavy atom. The van der Waals surface area contributed by atoms with Crippen LogP contribution >= 0.6 is 0 Å². The first kappa shape index (κ1) is 22.4. The zero-order chi connectivity index (χ0) is 24.4. The van der Waals surface area contributed by atoms with Crippen molar-refractivity contribution in [2.45, 2.75) is 13.5 Å². The van der Waals surface area contributed by atoms with E-state index in [0.29, 0.717) is 36.4 Å². The van der Waals surface area contributed by atoms with Gasteiger partial charge in [-0.15, -0.1) is 5.10 Å². The number of anilines is 2. The molecule has 0 bridgehead atoms. The average molecular weight is 472 g/mol. The fourth-order valence-corrected chi connectivity index (χ4v) is 3.93. The van der Waals surface area contributed by atoms with Crippen LogP contribution in [0.5, 0.6) is 0 Å². The van der Waals surface area contributed by atoms with E-state index in [-0.39, 0.29) is 23.0 Å². The van der Waals surface area contributed by atoms with Gasteiger partial charge in [0.15, 0.2) is 17.5 Å². The van der Waals surface area contributed by atoms with Crippen LogP contribution in [0, 0.1) is 24.1 Å². The Balaban J connectivity index is 1.44. The molecule has 3 aromatic heterocycles. The van der Waals surface area contributed by atoms with Crippen molar-refractivity contribution in [3.63, 3.8) is 0 Å². The maximum atomic E-state index is 14.9. The summed E-state index contributed by atoms with van der Waals surface area (Å²) < 4.78 is 21.9. The summed E-state index contributed by atoms with van der Waals surface area (Å²) in [5, 5.41) is 17.6. The molecular formula is C24H22FN9O. The topological polar surface area (TPSA) is 132 Å². The van der Waals surface area contributed by atoms with Crippen molar-refractivity contribution in [3.05, 3.63) is 65.2 Å². The summed E-state index contributed by atoms with van der Waals surface area (Å²) in [5.41, 5.74) is 8.57. The highest BCUT2D eigenvalue weighted by Gasteiger charge is 2.20. The summed E-state index contributed by atoms with van der Waals surface area (Å²) >= 11 is 0. The largest absolute Gasteiger partial charge is 0.381 e. The number of pyridine rings is 1. The fraction of sp³-hybridized carbons (Fsp3) is 0.250. The smallest absolute Gasteiger partial charge is 0.193 e. The zero-order valence-corrected chi connectivity index (χ0v) is 19.0. The Kier molecular flexibility index (Phi) is 6.03. The summed E-state index contributed by atoms with van der Waals surface area (Å²) in [7, 11) is 0. The molecule has 4 heterocycles. The normalized spacial score (nSPS) is 13.6. The third kappa shape index (κ3) is 4.51. The number of morpholine rings is 1.